The molecule has 0 saturated carbocycles. The van der Waals surface area contributed by atoms with E-state index in [1.807, 2.05) is 30.3 Å². The van der Waals surface area contributed by atoms with E-state index in [9.17, 15) is 0 Å². The second kappa shape index (κ2) is 3.84. The molecule has 0 spiro atoms. The number of aromatic nitrogens is 1. The van der Waals surface area contributed by atoms with Crippen molar-refractivity contribution in [2.75, 3.05) is 7.11 Å². The van der Waals surface area contributed by atoms with Gasteiger partial charge in [0.05, 0.1) is 7.11 Å². The number of benzene rings is 1. The predicted molar refractivity (Wildman–Crippen MR) is 53.2 cm³/mol. The first kappa shape index (κ1) is 9.28. The van der Waals surface area contributed by atoms with Crippen molar-refractivity contribution >= 4 is 0 Å². The molecule has 4 nitrogen and oxygen atoms in total. The van der Waals surface area contributed by atoms with E-state index in [0.717, 1.165) is 11.3 Å². The lowest BCUT2D eigenvalue weighted by Gasteiger charge is -1.99. The van der Waals surface area contributed by atoms with Gasteiger partial charge in [0, 0.05) is 11.6 Å². The topological polar surface area (TPSA) is 59.0 Å². The number of methoxy groups -OCH3 is 1. The van der Waals surface area contributed by atoms with Gasteiger partial charge in [-0.15, -0.1) is 0 Å². The quantitative estimate of drug-likeness (QED) is 0.745. The van der Waals surface area contributed by atoms with E-state index >= 15 is 0 Å². The van der Waals surface area contributed by atoms with Crippen molar-refractivity contribution in [2.45, 2.75) is 0 Å². The molecular formula is C11H8N2O2. The van der Waals surface area contributed by atoms with Crippen LogP contribution in [0.5, 0.6) is 5.75 Å². The number of nitriles is 1. The van der Waals surface area contributed by atoms with Gasteiger partial charge in [0.2, 0.25) is 0 Å². The molecule has 0 amide bonds. The Balaban J connectivity index is 2.33. The second-order valence-corrected chi connectivity index (χ2v) is 2.92. The van der Waals surface area contributed by atoms with E-state index in [1.165, 1.54) is 0 Å². The zero-order chi connectivity index (χ0) is 10.7. The highest BCUT2D eigenvalue weighted by atomic mass is 16.5. The lowest BCUT2D eigenvalue weighted by Crippen LogP contribution is -1.81. The molecule has 1 aromatic carbocycles. The Labute approximate surface area is 86.7 Å². The molecule has 0 atom stereocenters. The molecule has 0 unspecified atom stereocenters. The second-order valence-electron chi connectivity index (χ2n) is 2.92. The minimum absolute atomic E-state index is 0.279. The molecular weight excluding hydrogens is 192 g/mol. The maximum atomic E-state index is 8.59. The largest absolute Gasteiger partial charge is 0.497 e. The Morgan fingerprint density at radius 3 is 2.60 bits per heavy atom. The third kappa shape index (κ3) is 1.81. The van der Waals surface area contributed by atoms with Gasteiger partial charge < -0.3 is 9.26 Å². The summed E-state index contributed by atoms with van der Waals surface area (Å²) in [6.07, 6.45) is 0. The lowest BCUT2D eigenvalue weighted by atomic mass is 10.1. The van der Waals surface area contributed by atoms with Crippen LogP contribution < -0.4 is 4.74 Å². The molecule has 15 heavy (non-hydrogen) atoms. The van der Waals surface area contributed by atoms with Crippen LogP contribution in [0.2, 0.25) is 0 Å². The lowest BCUT2D eigenvalue weighted by molar-refractivity contribution is 0.414. The van der Waals surface area contributed by atoms with Crippen LogP contribution in [0.3, 0.4) is 0 Å². The third-order valence-corrected chi connectivity index (χ3v) is 2.00. The van der Waals surface area contributed by atoms with Gasteiger partial charge in [-0.3, -0.25) is 0 Å². The van der Waals surface area contributed by atoms with Gasteiger partial charge in [-0.2, -0.15) is 5.26 Å². The molecule has 2 aromatic rings. The van der Waals surface area contributed by atoms with Crippen LogP contribution in [0.15, 0.2) is 34.9 Å². The van der Waals surface area contributed by atoms with Crippen molar-refractivity contribution in [1.29, 1.82) is 5.26 Å². The highest BCUT2D eigenvalue weighted by molar-refractivity contribution is 5.59. The van der Waals surface area contributed by atoms with E-state index in [0.29, 0.717) is 5.76 Å². The highest BCUT2D eigenvalue weighted by Gasteiger charge is 2.05. The summed E-state index contributed by atoms with van der Waals surface area (Å²) in [5, 5.41) is 12.2. The molecule has 0 aliphatic carbocycles. The van der Waals surface area contributed by atoms with Crippen molar-refractivity contribution in [3.05, 3.63) is 36.0 Å². The molecule has 0 saturated heterocycles. The van der Waals surface area contributed by atoms with Crippen LogP contribution in [-0.4, -0.2) is 12.3 Å². The zero-order valence-electron chi connectivity index (χ0n) is 8.10. The molecule has 0 aliphatic heterocycles. The maximum Gasteiger partial charge on any atom is 0.184 e. The van der Waals surface area contributed by atoms with E-state index < -0.39 is 0 Å². The number of hydrogen-bond donors (Lipinski definition) is 0. The van der Waals surface area contributed by atoms with Gasteiger partial charge in [-0.1, -0.05) is 5.16 Å². The van der Waals surface area contributed by atoms with Gasteiger partial charge >= 0.3 is 0 Å². The van der Waals surface area contributed by atoms with Gasteiger partial charge in [0.15, 0.2) is 11.5 Å². The average Bonchev–Trinajstić information content (AvgIpc) is 2.78. The molecule has 4 heteroatoms. The molecule has 0 bridgehead atoms. The third-order valence-electron chi connectivity index (χ3n) is 2.00. The fraction of sp³-hybridized carbons (Fsp3) is 0.0909. The summed E-state index contributed by atoms with van der Waals surface area (Å²) in [6.45, 7) is 0. The Morgan fingerprint density at radius 2 is 2.07 bits per heavy atom. The zero-order valence-corrected chi connectivity index (χ0v) is 8.10. The summed E-state index contributed by atoms with van der Waals surface area (Å²) in [5.74, 6) is 1.35. The highest BCUT2D eigenvalue weighted by Crippen LogP contribution is 2.22. The Bertz CT molecular complexity index is 494. The Morgan fingerprint density at radius 1 is 1.33 bits per heavy atom. The standard InChI is InChI=1S/C11H8N2O2/c1-14-10-4-2-8(3-5-10)11-6-9(7-12)13-15-11/h2-6H,1H3. The van der Waals surface area contributed by atoms with Crippen LogP contribution in [-0.2, 0) is 0 Å². The molecule has 0 N–H and O–H groups in total. The average molecular weight is 200 g/mol. The number of rotatable bonds is 2. The molecule has 0 aliphatic rings. The first-order valence-corrected chi connectivity index (χ1v) is 4.35. The molecule has 1 heterocycles. The smallest absolute Gasteiger partial charge is 0.184 e. The summed E-state index contributed by atoms with van der Waals surface area (Å²) >= 11 is 0. The predicted octanol–water partition coefficient (Wildman–Crippen LogP) is 2.22. The maximum absolute atomic E-state index is 8.59. The SMILES string of the molecule is COc1ccc(-c2cc(C#N)no2)cc1. The number of nitrogens with zero attached hydrogens (tertiary/aromatic N) is 2. The van der Waals surface area contributed by atoms with Gasteiger partial charge in [0.1, 0.15) is 11.8 Å². The Kier molecular flexibility index (Phi) is 2.38. The first-order valence-electron chi connectivity index (χ1n) is 4.35. The van der Waals surface area contributed by atoms with Crippen molar-refractivity contribution in [1.82, 2.24) is 5.16 Å². The van der Waals surface area contributed by atoms with E-state index in [4.69, 9.17) is 14.5 Å². The summed E-state index contributed by atoms with van der Waals surface area (Å²) in [4.78, 5) is 0. The van der Waals surface area contributed by atoms with E-state index in [2.05, 4.69) is 5.16 Å². The van der Waals surface area contributed by atoms with Crippen molar-refractivity contribution in [2.24, 2.45) is 0 Å². The molecule has 0 fully saturated rings. The minimum Gasteiger partial charge on any atom is -0.497 e. The fourth-order valence-electron chi connectivity index (χ4n) is 1.22. The molecule has 1 aromatic heterocycles. The monoisotopic (exact) mass is 200 g/mol. The number of hydrogen-bond acceptors (Lipinski definition) is 4. The van der Waals surface area contributed by atoms with Crippen LogP contribution >= 0.6 is 0 Å². The molecule has 0 radical (unpaired) electrons. The fourth-order valence-corrected chi connectivity index (χ4v) is 1.22. The van der Waals surface area contributed by atoms with E-state index in [1.54, 1.807) is 13.2 Å². The van der Waals surface area contributed by atoms with Gasteiger partial charge in [0.25, 0.3) is 0 Å². The van der Waals surface area contributed by atoms with Gasteiger partial charge in [-0.05, 0) is 24.3 Å². The van der Waals surface area contributed by atoms with Crippen LogP contribution in [0.25, 0.3) is 11.3 Å². The van der Waals surface area contributed by atoms with E-state index in [-0.39, 0.29) is 5.69 Å². The number of ether oxygens (including phenoxy) is 1. The van der Waals surface area contributed by atoms with Crippen LogP contribution in [0.1, 0.15) is 5.69 Å². The van der Waals surface area contributed by atoms with Crippen molar-refractivity contribution in [3.8, 4) is 23.1 Å². The minimum atomic E-state index is 0.279. The first-order chi connectivity index (χ1) is 7.33. The van der Waals surface area contributed by atoms with Crippen molar-refractivity contribution < 1.29 is 9.26 Å². The summed E-state index contributed by atoms with van der Waals surface area (Å²) in [7, 11) is 1.61. The molecule has 74 valence electrons. The summed E-state index contributed by atoms with van der Waals surface area (Å²) < 4.78 is 10.0. The summed E-state index contributed by atoms with van der Waals surface area (Å²) in [5.41, 5.74) is 1.14. The van der Waals surface area contributed by atoms with Gasteiger partial charge in [-0.25, -0.2) is 0 Å². The normalized spacial score (nSPS) is 9.60. The summed E-state index contributed by atoms with van der Waals surface area (Å²) in [6, 6.07) is 10.9. The van der Waals surface area contributed by atoms with Crippen molar-refractivity contribution in [3.63, 3.8) is 0 Å². The molecule has 2 rings (SSSR count). The van der Waals surface area contributed by atoms with Crippen LogP contribution in [0, 0.1) is 11.3 Å². The Hall–Kier alpha value is -2.28. The van der Waals surface area contributed by atoms with Crippen LogP contribution in [0.4, 0.5) is 0 Å².